The molecule has 0 saturated heterocycles. The molecule has 0 unspecified atom stereocenters. The van der Waals surface area contributed by atoms with Crippen LogP contribution in [0.1, 0.15) is 10.5 Å². The van der Waals surface area contributed by atoms with Gasteiger partial charge in [0.1, 0.15) is 0 Å². The van der Waals surface area contributed by atoms with Crippen molar-refractivity contribution in [1.29, 1.82) is 0 Å². The number of aromatic nitrogens is 5. The number of hydrogen-bond donors (Lipinski definition) is 1. The standard InChI is InChI=1S/C8H8N6O4/c15-8(16)6-5-13(11-9-6)4-3-12-2-1-7(10-12)14(17)18/h1-2,5H,3-4H2,(H,15,16). The van der Waals surface area contributed by atoms with Gasteiger partial charge in [-0.15, -0.1) is 5.10 Å². The molecule has 2 rings (SSSR count). The Kier molecular flexibility index (Phi) is 3.00. The second-order valence-corrected chi connectivity index (χ2v) is 3.37. The van der Waals surface area contributed by atoms with Crippen LogP contribution in [-0.4, -0.2) is 40.8 Å². The molecule has 0 bridgehead atoms. The average molecular weight is 252 g/mol. The van der Waals surface area contributed by atoms with Crippen LogP contribution in [0.15, 0.2) is 18.5 Å². The minimum atomic E-state index is -1.16. The summed E-state index contributed by atoms with van der Waals surface area (Å²) >= 11 is 0. The summed E-state index contributed by atoms with van der Waals surface area (Å²) in [5.74, 6) is -1.39. The molecule has 2 heterocycles. The lowest BCUT2D eigenvalue weighted by Gasteiger charge is -1.96. The number of hydrogen-bond acceptors (Lipinski definition) is 6. The van der Waals surface area contributed by atoms with Crippen molar-refractivity contribution < 1.29 is 14.8 Å². The molecule has 0 aromatic carbocycles. The fourth-order valence-corrected chi connectivity index (χ4v) is 1.28. The van der Waals surface area contributed by atoms with Gasteiger partial charge in [-0.3, -0.25) is 0 Å². The van der Waals surface area contributed by atoms with E-state index in [0.29, 0.717) is 13.1 Å². The summed E-state index contributed by atoms with van der Waals surface area (Å²) in [4.78, 5) is 20.4. The van der Waals surface area contributed by atoms with Gasteiger partial charge in [0, 0.05) is 0 Å². The fraction of sp³-hybridized carbons (Fsp3) is 0.250. The smallest absolute Gasteiger partial charge is 0.389 e. The molecule has 0 amide bonds. The van der Waals surface area contributed by atoms with Crippen molar-refractivity contribution in [1.82, 2.24) is 24.8 Å². The second kappa shape index (κ2) is 4.61. The highest BCUT2D eigenvalue weighted by atomic mass is 16.6. The molecule has 0 aliphatic rings. The Morgan fingerprint density at radius 1 is 1.44 bits per heavy atom. The van der Waals surface area contributed by atoms with Crippen molar-refractivity contribution in [3.63, 3.8) is 0 Å². The maximum atomic E-state index is 10.6. The van der Waals surface area contributed by atoms with Crippen molar-refractivity contribution in [2.24, 2.45) is 0 Å². The Morgan fingerprint density at radius 3 is 2.72 bits per heavy atom. The van der Waals surface area contributed by atoms with Crippen LogP contribution in [0.4, 0.5) is 5.82 Å². The van der Waals surface area contributed by atoms with Crippen LogP contribution >= 0.6 is 0 Å². The zero-order valence-corrected chi connectivity index (χ0v) is 9.00. The molecular weight excluding hydrogens is 244 g/mol. The first-order valence-electron chi connectivity index (χ1n) is 4.87. The van der Waals surface area contributed by atoms with Gasteiger partial charge < -0.3 is 15.2 Å². The molecule has 0 atom stereocenters. The van der Waals surface area contributed by atoms with Gasteiger partial charge in [0.05, 0.1) is 36.6 Å². The summed E-state index contributed by atoms with van der Waals surface area (Å²) < 4.78 is 2.71. The lowest BCUT2D eigenvalue weighted by atomic mass is 10.5. The molecule has 0 aliphatic heterocycles. The number of carboxylic acid groups (broad SMARTS) is 1. The first-order valence-corrected chi connectivity index (χ1v) is 4.87. The minimum Gasteiger partial charge on any atom is -0.476 e. The average Bonchev–Trinajstić information content (AvgIpc) is 2.95. The predicted molar refractivity (Wildman–Crippen MR) is 55.9 cm³/mol. The number of nitrogens with zero attached hydrogens (tertiary/aromatic N) is 6. The van der Waals surface area contributed by atoms with Crippen molar-refractivity contribution in [2.45, 2.75) is 13.1 Å². The Labute approximate surface area is 99.6 Å². The third-order valence-corrected chi connectivity index (χ3v) is 2.13. The summed E-state index contributed by atoms with van der Waals surface area (Å²) in [7, 11) is 0. The summed E-state index contributed by atoms with van der Waals surface area (Å²) in [5, 5.41) is 29.8. The molecule has 2 aromatic rings. The van der Waals surface area contributed by atoms with Crippen LogP contribution in [0.25, 0.3) is 0 Å². The normalized spacial score (nSPS) is 10.4. The van der Waals surface area contributed by atoms with Crippen LogP contribution in [0, 0.1) is 10.1 Å². The fourth-order valence-electron chi connectivity index (χ4n) is 1.28. The highest BCUT2D eigenvalue weighted by Gasteiger charge is 2.11. The molecule has 94 valence electrons. The minimum absolute atomic E-state index is 0.151. The Morgan fingerprint density at radius 2 is 2.17 bits per heavy atom. The third-order valence-electron chi connectivity index (χ3n) is 2.13. The Balaban J connectivity index is 1.97. The molecule has 2 aromatic heterocycles. The van der Waals surface area contributed by atoms with Gasteiger partial charge in [-0.2, -0.15) is 4.68 Å². The molecule has 18 heavy (non-hydrogen) atoms. The molecule has 0 spiro atoms. The van der Waals surface area contributed by atoms with E-state index in [4.69, 9.17) is 5.11 Å². The van der Waals surface area contributed by atoms with Crippen molar-refractivity contribution in [3.8, 4) is 0 Å². The van der Waals surface area contributed by atoms with E-state index in [2.05, 4.69) is 15.4 Å². The van der Waals surface area contributed by atoms with Crippen LogP contribution in [0.3, 0.4) is 0 Å². The maximum Gasteiger partial charge on any atom is 0.389 e. The van der Waals surface area contributed by atoms with Crippen molar-refractivity contribution in [2.75, 3.05) is 0 Å². The van der Waals surface area contributed by atoms with Crippen LogP contribution < -0.4 is 0 Å². The quantitative estimate of drug-likeness (QED) is 0.575. The van der Waals surface area contributed by atoms with E-state index in [1.165, 1.54) is 27.8 Å². The number of carbonyl (C=O) groups is 1. The predicted octanol–water partition coefficient (Wildman–Crippen LogP) is -0.219. The summed E-state index contributed by atoms with van der Waals surface area (Å²) in [6, 6.07) is 1.28. The second-order valence-electron chi connectivity index (χ2n) is 3.37. The molecule has 0 aliphatic carbocycles. The summed E-state index contributed by atoms with van der Waals surface area (Å²) in [5.41, 5.74) is -0.151. The largest absolute Gasteiger partial charge is 0.476 e. The summed E-state index contributed by atoms with van der Waals surface area (Å²) in [6.45, 7) is 0.648. The van der Waals surface area contributed by atoms with Crippen LogP contribution in [0.2, 0.25) is 0 Å². The highest BCUT2D eigenvalue weighted by Crippen LogP contribution is 2.05. The lowest BCUT2D eigenvalue weighted by Crippen LogP contribution is -2.08. The van der Waals surface area contributed by atoms with Gasteiger partial charge in [-0.25, -0.2) is 9.48 Å². The van der Waals surface area contributed by atoms with E-state index >= 15 is 0 Å². The molecular formula is C8H8N6O4. The monoisotopic (exact) mass is 252 g/mol. The van der Waals surface area contributed by atoms with Crippen LogP contribution in [-0.2, 0) is 13.1 Å². The molecule has 10 nitrogen and oxygen atoms in total. The number of rotatable bonds is 5. The summed E-state index contributed by atoms with van der Waals surface area (Å²) in [6.07, 6.45) is 2.74. The van der Waals surface area contributed by atoms with Gasteiger partial charge in [0.15, 0.2) is 5.69 Å². The molecule has 0 radical (unpaired) electrons. The molecule has 0 fully saturated rings. The third kappa shape index (κ3) is 2.48. The lowest BCUT2D eigenvalue weighted by molar-refractivity contribution is -0.389. The van der Waals surface area contributed by atoms with Gasteiger partial charge in [-0.05, 0) is 4.92 Å². The Hall–Kier alpha value is -2.78. The van der Waals surface area contributed by atoms with Gasteiger partial charge in [0.2, 0.25) is 0 Å². The van der Waals surface area contributed by atoms with Gasteiger partial charge in [0.25, 0.3) is 0 Å². The maximum absolute atomic E-state index is 10.6. The zero-order chi connectivity index (χ0) is 13.1. The molecule has 0 saturated carbocycles. The number of nitro groups is 1. The van der Waals surface area contributed by atoms with E-state index in [-0.39, 0.29) is 11.5 Å². The van der Waals surface area contributed by atoms with Gasteiger partial charge >= 0.3 is 11.8 Å². The van der Waals surface area contributed by atoms with Gasteiger partial charge in [-0.1, -0.05) is 5.21 Å². The van der Waals surface area contributed by atoms with Crippen molar-refractivity contribution >= 4 is 11.8 Å². The SMILES string of the molecule is O=C(O)c1cn(CCn2ccc([N+](=O)[O-])n2)nn1. The number of aromatic carboxylic acids is 1. The zero-order valence-electron chi connectivity index (χ0n) is 9.00. The highest BCUT2D eigenvalue weighted by molar-refractivity contribution is 5.84. The first kappa shape index (κ1) is 11.7. The van der Waals surface area contributed by atoms with Crippen LogP contribution in [0.5, 0.6) is 0 Å². The van der Waals surface area contributed by atoms with E-state index in [9.17, 15) is 14.9 Å². The van der Waals surface area contributed by atoms with E-state index in [0.717, 1.165) is 0 Å². The molecule has 1 N–H and O–H groups in total. The van der Waals surface area contributed by atoms with E-state index < -0.39 is 10.9 Å². The first-order chi connectivity index (χ1) is 8.56. The van der Waals surface area contributed by atoms with E-state index in [1.54, 1.807) is 0 Å². The van der Waals surface area contributed by atoms with E-state index in [1.807, 2.05) is 0 Å². The number of aryl methyl sites for hydroxylation is 2. The van der Waals surface area contributed by atoms with Crippen molar-refractivity contribution in [3.05, 3.63) is 34.3 Å². The topological polar surface area (TPSA) is 129 Å². The Bertz CT molecular complexity index is 536. The number of carboxylic acids is 1. The molecule has 10 heteroatoms.